The van der Waals surface area contributed by atoms with Crippen molar-refractivity contribution in [3.05, 3.63) is 78.1 Å². The molecule has 2 amide bonds. The number of likely N-dealkylation sites (tertiary alicyclic amines) is 1. The molecule has 0 aliphatic carbocycles. The van der Waals surface area contributed by atoms with E-state index >= 15 is 0 Å². The molecular weight excluding hydrogens is 394 g/mol. The van der Waals surface area contributed by atoms with Crippen LogP contribution in [0.3, 0.4) is 0 Å². The molecule has 3 aromatic rings. The van der Waals surface area contributed by atoms with Crippen LogP contribution in [0.1, 0.15) is 34.9 Å². The molecule has 0 saturated carbocycles. The van der Waals surface area contributed by atoms with Gasteiger partial charge in [0.05, 0.1) is 37.0 Å². The second kappa shape index (κ2) is 6.75. The van der Waals surface area contributed by atoms with Crippen molar-refractivity contribution in [2.75, 3.05) is 13.2 Å². The van der Waals surface area contributed by atoms with E-state index in [0.717, 1.165) is 11.3 Å². The van der Waals surface area contributed by atoms with Crippen molar-refractivity contribution in [1.82, 2.24) is 24.8 Å². The van der Waals surface area contributed by atoms with E-state index in [9.17, 15) is 9.59 Å². The molecule has 0 unspecified atom stereocenters. The molecule has 8 heteroatoms. The summed E-state index contributed by atoms with van der Waals surface area (Å²) in [4.78, 5) is 30.2. The van der Waals surface area contributed by atoms with Gasteiger partial charge in [-0.15, -0.1) is 5.10 Å². The van der Waals surface area contributed by atoms with Crippen LogP contribution in [0.15, 0.2) is 66.9 Å². The van der Waals surface area contributed by atoms with Gasteiger partial charge in [-0.25, -0.2) is 4.68 Å². The molecule has 3 fully saturated rings. The number of rotatable bonds is 3. The molecule has 1 aromatic heterocycles. The molecule has 0 radical (unpaired) electrons. The Morgan fingerprint density at radius 2 is 1.81 bits per heavy atom. The van der Waals surface area contributed by atoms with Crippen LogP contribution in [0.4, 0.5) is 0 Å². The lowest BCUT2D eigenvalue weighted by molar-refractivity contribution is -0.138. The number of para-hydroxylation sites is 1. The minimum atomic E-state index is -0.752. The van der Waals surface area contributed by atoms with Crippen LogP contribution < -0.4 is 0 Å². The number of amides is 2. The summed E-state index contributed by atoms with van der Waals surface area (Å²) < 4.78 is 7.86. The topological polar surface area (TPSA) is 80.6 Å². The number of carbonyl (C=O) groups is 2. The zero-order valence-electron chi connectivity index (χ0n) is 16.8. The largest absolute Gasteiger partial charge is 0.351 e. The minimum absolute atomic E-state index is 0.0311. The fraction of sp³-hybridized carbons (Fsp3) is 0.304. The van der Waals surface area contributed by atoms with Gasteiger partial charge >= 0.3 is 0 Å². The molecule has 3 atom stereocenters. The number of benzene rings is 2. The highest BCUT2D eigenvalue weighted by atomic mass is 16.5. The van der Waals surface area contributed by atoms with Gasteiger partial charge in [0.25, 0.3) is 5.91 Å². The molecule has 6 rings (SSSR count). The fourth-order valence-corrected chi connectivity index (χ4v) is 5.30. The van der Waals surface area contributed by atoms with E-state index in [-0.39, 0.29) is 30.3 Å². The number of hydrogen-bond donors (Lipinski definition) is 0. The Labute approximate surface area is 179 Å². The van der Waals surface area contributed by atoms with Crippen molar-refractivity contribution >= 4 is 11.8 Å². The van der Waals surface area contributed by atoms with Gasteiger partial charge in [0.15, 0.2) is 11.4 Å². The fourth-order valence-electron chi connectivity index (χ4n) is 5.30. The summed E-state index contributed by atoms with van der Waals surface area (Å²) >= 11 is 0. The van der Waals surface area contributed by atoms with Crippen LogP contribution in [-0.2, 0) is 9.53 Å². The Balaban J connectivity index is 1.32. The van der Waals surface area contributed by atoms with Crippen molar-refractivity contribution in [2.45, 2.75) is 30.7 Å². The van der Waals surface area contributed by atoms with Crippen molar-refractivity contribution in [2.24, 2.45) is 0 Å². The lowest BCUT2D eigenvalue weighted by Gasteiger charge is -2.33. The molecule has 0 bridgehead atoms. The first-order valence-corrected chi connectivity index (χ1v) is 10.5. The van der Waals surface area contributed by atoms with Gasteiger partial charge in [0, 0.05) is 13.0 Å². The lowest BCUT2D eigenvalue weighted by atomic mass is 10.0. The van der Waals surface area contributed by atoms with Crippen LogP contribution >= 0.6 is 0 Å². The van der Waals surface area contributed by atoms with Gasteiger partial charge in [-0.05, 0) is 17.7 Å². The van der Waals surface area contributed by atoms with E-state index in [4.69, 9.17) is 4.74 Å². The zero-order chi connectivity index (χ0) is 21.0. The molecule has 3 aliphatic rings. The summed E-state index contributed by atoms with van der Waals surface area (Å²) in [5, 5.41) is 8.07. The van der Waals surface area contributed by atoms with Crippen LogP contribution in [0.5, 0.6) is 0 Å². The molecule has 3 aliphatic heterocycles. The minimum Gasteiger partial charge on any atom is -0.351 e. The predicted octanol–water partition coefficient (Wildman–Crippen LogP) is 2.18. The zero-order valence-corrected chi connectivity index (χ0v) is 16.8. The van der Waals surface area contributed by atoms with Crippen LogP contribution in [-0.4, -0.2) is 61.5 Å². The standard InChI is InChI=1S/C23H21N5O3/c29-21-13-20-23(27(21)19(15-31-23)16-7-3-1-4-8-16)11-12-26(20)22(30)18-14-24-25-28(18)17-9-5-2-6-10-17/h1-10,14,19-20H,11-13,15H2/t19-,20+,23-/m0/s1. The van der Waals surface area contributed by atoms with Gasteiger partial charge in [-0.3, -0.25) is 9.59 Å². The van der Waals surface area contributed by atoms with Crippen LogP contribution in [0.2, 0.25) is 0 Å². The number of ether oxygens (including phenoxy) is 1. The number of carbonyl (C=O) groups excluding carboxylic acids is 2. The second-order valence-electron chi connectivity index (χ2n) is 8.18. The lowest BCUT2D eigenvalue weighted by Crippen LogP contribution is -2.49. The Hall–Kier alpha value is -3.52. The molecule has 156 valence electrons. The normalized spacial score (nSPS) is 26.9. The smallest absolute Gasteiger partial charge is 0.274 e. The molecular formula is C23H21N5O3. The molecule has 8 nitrogen and oxygen atoms in total. The third-order valence-electron chi connectivity index (χ3n) is 6.67. The van der Waals surface area contributed by atoms with E-state index < -0.39 is 5.72 Å². The average molecular weight is 415 g/mol. The van der Waals surface area contributed by atoms with E-state index in [2.05, 4.69) is 10.3 Å². The van der Waals surface area contributed by atoms with Crippen molar-refractivity contribution in [3.8, 4) is 5.69 Å². The first-order chi connectivity index (χ1) is 15.2. The van der Waals surface area contributed by atoms with Gasteiger partial charge in [-0.1, -0.05) is 53.7 Å². The maximum atomic E-state index is 13.5. The highest BCUT2D eigenvalue weighted by molar-refractivity contribution is 5.94. The highest BCUT2D eigenvalue weighted by Gasteiger charge is 2.65. The van der Waals surface area contributed by atoms with Crippen molar-refractivity contribution in [3.63, 3.8) is 0 Å². The summed E-state index contributed by atoms with van der Waals surface area (Å²) in [7, 11) is 0. The Morgan fingerprint density at radius 1 is 1.06 bits per heavy atom. The first-order valence-electron chi connectivity index (χ1n) is 10.5. The Morgan fingerprint density at radius 3 is 2.58 bits per heavy atom. The molecule has 2 aromatic carbocycles. The first kappa shape index (κ1) is 18.3. The van der Waals surface area contributed by atoms with Gasteiger partial charge in [0.1, 0.15) is 0 Å². The van der Waals surface area contributed by atoms with E-state index in [1.54, 1.807) is 9.58 Å². The monoisotopic (exact) mass is 415 g/mol. The third-order valence-corrected chi connectivity index (χ3v) is 6.67. The van der Waals surface area contributed by atoms with Gasteiger partial charge < -0.3 is 14.5 Å². The van der Waals surface area contributed by atoms with Crippen LogP contribution in [0.25, 0.3) is 5.69 Å². The SMILES string of the molecule is O=C(c1cnnn1-c1ccccc1)N1CC[C@@]23OC[C@@H](c4ccccc4)N2C(=O)C[C@@H]13. The van der Waals surface area contributed by atoms with Gasteiger partial charge in [0.2, 0.25) is 5.91 Å². The number of aromatic nitrogens is 3. The van der Waals surface area contributed by atoms with E-state index in [1.807, 2.05) is 65.6 Å². The predicted molar refractivity (Wildman–Crippen MR) is 110 cm³/mol. The number of hydrogen-bond acceptors (Lipinski definition) is 5. The highest BCUT2D eigenvalue weighted by Crippen LogP contribution is 2.51. The average Bonchev–Trinajstić information content (AvgIpc) is 3.56. The molecule has 1 spiro atoms. The van der Waals surface area contributed by atoms with Gasteiger partial charge in [-0.2, -0.15) is 0 Å². The number of nitrogens with zero attached hydrogens (tertiary/aromatic N) is 5. The summed E-state index contributed by atoms with van der Waals surface area (Å²) in [5.74, 6) is -0.152. The molecule has 31 heavy (non-hydrogen) atoms. The maximum absolute atomic E-state index is 13.5. The summed E-state index contributed by atoms with van der Waals surface area (Å²) in [6.07, 6.45) is 2.35. The summed E-state index contributed by atoms with van der Waals surface area (Å²) in [5.41, 5.74) is 1.46. The Bertz CT molecular complexity index is 1150. The van der Waals surface area contributed by atoms with E-state index in [0.29, 0.717) is 25.3 Å². The van der Waals surface area contributed by atoms with Crippen LogP contribution in [0, 0.1) is 0 Å². The Kier molecular flexibility index (Phi) is 3.97. The van der Waals surface area contributed by atoms with E-state index in [1.165, 1.54) is 6.20 Å². The molecule has 0 N–H and O–H groups in total. The third kappa shape index (κ3) is 2.58. The summed E-state index contributed by atoms with van der Waals surface area (Å²) in [6, 6.07) is 19.0. The second-order valence-corrected chi connectivity index (χ2v) is 8.18. The van der Waals surface area contributed by atoms with Crippen molar-refractivity contribution < 1.29 is 14.3 Å². The quantitative estimate of drug-likeness (QED) is 0.655. The maximum Gasteiger partial charge on any atom is 0.274 e. The summed E-state index contributed by atoms with van der Waals surface area (Å²) in [6.45, 7) is 0.965. The van der Waals surface area contributed by atoms with Crippen molar-refractivity contribution in [1.29, 1.82) is 0 Å². The molecule has 3 saturated heterocycles. The molecule has 4 heterocycles.